The first-order chi connectivity index (χ1) is 5.93. The smallest absolute Gasteiger partial charge is 0.0286 e. The highest BCUT2D eigenvalue weighted by Crippen LogP contribution is 2.17. The minimum absolute atomic E-state index is 1.25. The molecule has 0 aromatic carbocycles. The Bertz CT molecular complexity index is 163. The highest BCUT2D eigenvalue weighted by molar-refractivity contribution is 5.06. The van der Waals surface area contributed by atoms with E-state index in [-0.39, 0.29) is 0 Å². The van der Waals surface area contributed by atoms with Crippen LogP contribution in [0.5, 0.6) is 0 Å². The largest absolute Gasteiger partial charge is 0.0882 e. The topological polar surface area (TPSA) is 0 Å². The average Bonchev–Trinajstić information content (AvgIpc) is 2.02. The molecule has 0 nitrogen and oxygen atoms in total. The van der Waals surface area contributed by atoms with Crippen molar-refractivity contribution < 1.29 is 0 Å². The van der Waals surface area contributed by atoms with Gasteiger partial charge < -0.3 is 0 Å². The Balaban J connectivity index is 2.29. The van der Waals surface area contributed by atoms with Gasteiger partial charge in [0.1, 0.15) is 0 Å². The van der Waals surface area contributed by atoms with E-state index in [4.69, 9.17) is 0 Å². The van der Waals surface area contributed by atoms with Crippen LogP contribution in [0.3, 0.4) is 0 Å². The maximum atomic E-state index is 2.46. The summed E-state index contributed by atoms with van der Waals surface area (Å²) in [5, 5.41) is 0. The van der Waals surface area contributed by atoms with Gasteiger partial charge in [-0.25, -0.2) is 0 Å². The van der Waals surface area contributed by atoms with Gasteiger partial charge in [0.25, 0.3) is 0 Å². The molecule has 0 fully saturated rings. The summed E-state index contributed by atoms with van der Waals surface area (Å²) in [4.78, 5) is 0. The SMILES string of the molecule is CCCCC1=CCCC=CCC1. The van der Waals surface area contributed by atoms with Gasteiger partial charge in [-0.3, -0.25) is 0 Å². The lowest BCUT2D eigenvalue weighted by Gasteiger charge is -2.07. The Morgan fingerprint density at radius 1 is 1.17 bits per heavy atom. The van der Waals surface area contributed by atoms with Gasteiger partial charge in [-0.2, -0.15) is 0 Å². The molecule has 1 rings (SSSR count). The fraction of sp³-hybridized carbons (Fsp3) is 0.667. The summed E-state index contributed by atoms with van der Waals surface area (Å²) in [6.45, 7) is 2.27. The number of hydrogen-bond acceptors (Lipinski definition) is 0. The highest BCUT2D eigenvalue weighted by atomic mass is 14.0. The van der Waals surface area contributed by atoms with E-state index in [2.05, 4.69) is 25.2 Å². The van der Waals surface area contributed by atoms with Crippen LogP contribution < -0.4 is 0 Å². The van der Waals surface area contributed by atoms with Gasteiger partial charge in [0, 0.05) is 0 Å². The highest BCUT2D eigenvalue weighted by Gasteiger charge is 1.97. The van der Waals surface area contributed by atoms with E-state index in [1.165, 1.54) is 44.9 Å². The van der Waals surface area contributed by atoms with E-state index >= 15 is 0 Å². The van der Waals surface area contributed by atoms with Crippen LogP contribution in [0, 0.1) is 0 Å². The first-order valence-corrected chi connectivity index (χ1v) is 5.26. The van der Waals surface area contributed by atoms with Crippen LogP contribution in [0.25, 0.3) is 0 Å². The molecule has 1 aliphatic carbocycles. The van der Waals surface area contributed by atoms with E-state index in [9.17, 15) is 0 Å². The second-order valence-corrected chi connectivity index (χ2v) is 3.55. The number of rotatable bonds is 3. The zero-order valence-electron chi connectivity index (χ0n) is 8.18. The van der Waals surface area contributed by atoms with Crippen molar-refractivity contribution in [2.45, 2.75) is 51.9 Å². The third-order valence-electron chi connectivity index (χ3n) is 2.42. The Kier molecular flexibility index (Phi) is 4.82. The Morgan fingerprint density at radius 3 is 2.83 bits per heavy atom. The molecule has 0 saturated heterocycles. The number of hydrogen-bond donors (Lipinski definition) is 0. The van der Waals surface area contributed by atoms with Crippen LogP contribution in [-0.4, -0.2) is 0 Å². The molecule has 12 heavy (non-hydrogen) atoms. The van der Waals surface area contributed by atoms with Crippen molar-refractivity contribution in [1.29, 1.82) is 0 Å². The monoisotopic (exact) mass is 164 g/mol. The maximum Gasteiger partial charge on any atom is -0.0286 e. The van der Waals surface area contributed by atoms with E-state index in [1.807, 2.05) is 0 Å². The van der Waals surface area contributed by atoms with Gasteiger partial charge in [0.05, 0.1) is 0 Å². The van der Waals surface area contributed by atoms with Crippen molar-refractivity contribution in [2.24, 2.45) is 0 Å². The summed E-state index contributed by atoms with van der Waals surface area (Å²) >= 11 is 0. The molecule has 0 spiro atoms. The van der Waals surface area contributed by atoms with Crippen molar-refractivity contribution in [3.63, 3.8) is 0 Å². The molecule has 0 aliphatic heterocycles. The van der Waals surface area contributed by atoms with Gasteiger partial charge >= 0.3 is 0 Å². The van der Waals surface area contributed by atoms with Crippen LogP contribution in [0.2, 0.25) is 0 Å². The third-order valence-corrected chi connectivity index (χ3v) is 2.42. The molecule has 0 unspecified atom stereocenters. The summed E-state index contributed by atoms with van der Waals surface area (Å²) in [6, 6.07) is 0. The second-order valence-electron chi connectivity index (χ2n) is 3.55. The molecule has 0 amide bonds. The van der Waals surface area contributed by atoms with Crippen molar-refractivity contribution in [3.8, 4) is 0 Å². The van der Waals surface area contributed by atoms with Crippen molar-refractivity contribution >= 4 is 0 Å². The van der Waals surface area contributed by atoms with Crippen LogP contribution >= 0.6 is 0 Å². The Labute approximate surface area is 76.4 Å². The quantitative estimate of drug-likeness (QED) is 0.547. The standard InChI is InChI=1S/C12H20/c1-2-3-9-12-10-7-5-4-6-8-11-12/h4-5,11H,2-3,6-10H2,1H3. The maximum absolute atomic E-state index is 2.46. The number of unbranched alkanes of at least 4 members (excludes halogenated alkanes) is 1. The first-order valence-electron chi connectivity index (χ1n) is 5.26. The fourth-order valence-electron chi connectivity index (χ4n) is 1.62. The molecule has 1 aliphatic rings. The summed E-state index contributed by atoms with van der Waals surface area (Å²) < 4.78 is 0. The number of allylic oxidation sites excluding steroid dienone is 4. The van der Waals surface area contributed by atoms with Crippen LogP contribution in [-0.2, 0) is 0 Å². The van der Waals surface area contributed by atoms with Crippen LogP contribution in [0.15, 0.2) is 23.8 Å². The zero-order valence-corrected chi connectivity index (χ0v) is 8.18. The second kappa shape index (κ2) is 6.05. The molecule has 0 heteroatoms. The van der Waals surface area contributed by atoms with Crippen molar-refractivity contribution in [2.75, 3.05) is 0 Å². The molecule has 0 heterocycles. The first kappa shape index (κ1) is 9.57. The normalized spacial score (nSPS) is 18.2. The lowest BCUT2D eigenvalue weighted by Crippen LogP contribution is -1.87. The van der Waals surface area contributed by atoms with Gasteiger partial charge in [0.15, 0.2) is 0 Å². The summed E-state index contributed by atoms with van der Waals surface area (Å²) in [5.74, 6) is 0. The van der Waals surface area contributed by atoms with Crippen molar-refractivity contribution in [3.05, 3.63) is 23.8 Å². The Hall–Kier alpha value is -0.520. The third kappa shape index (κ3) is 3.75. The predicted octanol–water partition coefficient (Wildman–Crippen LogP) is 4.23. The van der Waals surface area contributed by atoms with E-state index < -0.39 is 0 Å². The summed E-state index contributed by atoms with van der Waals surface area (Å²) in [6.07, 6.45) is 16.2. The minimum Gasteiger partial charge on any atom is -0.0882 e. The van der Waals surface area contributed by atoms with Gasteiger partial charge in [-0.15, -0.1) is 0 Å². The summed E-state index contributed by atoms with van der Waals surface area (Å²) in [5.41, 5.74) is 1.70. The molecule has 0 bridgehead atoms. The van der Waals surface area contributed by atoms with Gasteiger partial charge in [0.2, 0.25) is 0 Å². The molecular weight excluding hydrogens is 144 g/mol. The zero-order chi connectivity index (χ0) is 8.65. The minimum atomic E-state index is 1.25. The molecule has 0 N–H and O–H groups in total. The van der Waals surface area contributed by atoms with Crippen molar-refractivity contribution in [1.82, 2.24) is 0 Å². The lowest BCUT2D eigenvalue weighted by molar-refractivity contribution is 0.743. The molecule has 0 aromatic heterocycles. The molecular formula is C12H20. The van der Waals surface area contributed by atoms with Gasteiger partial charge in [-0.05, 0) is 38.5 Å². The molecule has 0 saturated carbocycles. The summed E-state index contributed by atoms with van der Waals surface area (Å²) in [7, 11) is 0. The molecule has 0 atom stereocenters. The van der Waals surface area contributed by atoms with E-state index in [1.54, 1.807) is 5.57 Å². The van der Waals surface area contributed by atoms with E-state index in [0.717, 1.165) is 0 Å². The predicted molar refractivity (Wildman–Crippen MR) is 55.2 cm³/mol. The average molecular weight is 164 g/mol. The van der Waals surface area contributed by atoms with E-state index in [0.29, 0.717) is 0 Å². The Morgan fingerprint density at radius 2 is 2.00 bits per heavy atom. The lowest BCUT2D eigenvalue weighted by atomic mass is 10.00. The molecule has 68 valence electrons. The van der Waals surface area contributed by atoms with Crippen LogP contribution in [0.4, 0.5) is 0 Å². The molecule has 0 radical (unpaired) electrons. The molecule has 0 aromatic rings. The fourth-order valence-corrected chi connectivity index (χ4v) is 1.62. The van der Waals surface area contributed by atoms with Gasteiger partial charge in [-0.1, -0.05) is 37.1 Å². The van der Waals surface area contributed by atoms with Crippen LogP contribution in [0.1, 0.15) is 51.9 Å².